The Morgan fingerprint density at radius 3 is 2.95 bits per heavy atom. The first-order valence-electron chi connectivity index (χ1n) is 5.99. The maximum Gasteiger partial charge on any atom is 0.244 e. The molecule has 100 valence electrons. The number of carbonyl (C=O) groups excluding carboxylic acids is 2. The Morgan fingerprint density at radius 1 is 1.42 bits per heavy atom. The predicted octanol–water partition coefficient (Wildman–Crippen LogP) is 0.456. The third kappa shape index (κ3) is 2.18. The van der Waals surface area contributed by atoms with Crippen LogP contribution in [0.4, 0.5) is 0 Å². The van der Waals surface area contributed by atoms with Crippen molar-refractivity contribution in [1.29, 1.82) is 0 Å². The van der Waals surface area contributed by atoms with E-state index in [-0.39, 0.29) is 11.8 Å². The lowest BCUT2D eigenvalue weighted by atomic mass is 10.0. The summed E-state index contributed by atoms with van der Waals surface area (Å²) in [4.78, 5) is 29.0. The Balaban J connectivity index is 1.85. The number of nitrogens with one attached hydrogen (secondary N) is 1. The van der Waals surface area contributed by atoms with E-state index in [2.05, 4.69) is 26.2 Å². The topological polar surface area (TPSA) is 82.5 Å². The molecular weight excluding hydrogens is 314 g/mol. The van der Waals surface area contributed by atoms with Crippen LogP contribution in [0.2, 0.25) is 0 Å². The first-order chi connectivity index (χ1) is 9.06. The number of carbonyl (C=O) groups is 2. The lowest BCUT2D eigenvalue weighted by Crippen LogP contribution is -2.51. The lowest BCUT2D eigenvalue weighted by molar-refractivity contribution is -0.141. The molecule has 1 fully saturated rings. The van der Waals surface area contributed by atoms with Gasteiger partial charge in [-0.1, -0.05) is 6.07 Å². The molecule has 0 spiro atoms. The number of halogens is 1. The first kappa shape index (κ1) is 12.7. The molecule has 2 N–H and O–H groups in total. The van der Waals surface area contributed by atoms with Crippen LogP contribution in [-0.4, -0.2) is 32.8 Å². The van der Waals surface area contributed by atoms with Crippen LogP contribution in [0.25, 0.3) is 0 Å². The summed E-state index contributed by atoms with van der Waals surface area (Å²) >= 11 is 3.29. The molecule has 1 saturated heterocycles. The van der Waals surface area contributed by atoms with Crippen LogP contribution >= 0.6 is 15.9 Å². The van der Waals surface area contributed by atoms with Gasteiger partial charge in [-0.25, -0.2) is 4.98 Å². The van der Waals surface area contributed by atoms with Gasteiger partial charge in [0.25, 0.3) is 0 Å². The highest BCUT2D eigenvalue weighted by Crippen LogP contribution is 2.34. The minimum Gasteiger partial charge on any atom is -0.374 e. The Kier molecular flexibility index (Phi) is 3.12. The van der Waals surface area contributed by atoms with Crippen molar-refractivity contribution in [3.05, 3.63) is 28.0 Å². The van der Waals surface area contributed by atoms with Crippen molar-refractivity contribution in [3.63, 3.8) is 0 Å². The number of piperidine rings is 1. The number of hydrogen-bond acceptors (Lipinski definition) is 5. The van der Waals surface area contributed by atoms with E-state index in [0.29, 0.717) is 29.6 Å². The van der Waals surface area contributed by atoms with E-state index in [1.807, 2.05) is 0 Å². The van der Waals surface area contributed by atoms with Gasteiger partial charge in [0.1, 0.15) is 10.8 Å². The molecule has 2 atom stereocenters. The molecule has 0 aromatic carbocycles. The number of nitrogens with zero attached hydrogens (tertiary/aromatic N) is 2. The zero-order valence-corrected chi connectivity index (χ0v) is 11.6. The second-order valence-corrected chi connectivity index (χ2v) is 5.50. The maximum absolute atomic E-state index is 11.8. The number of imide groups is 1. The Morgan fingerprint density at radius 2 is 2.21 bits per heavy atom. The normalized spacial score (nSPS) is 27.3. The summed E-state index contributed by atoms with van der Waals surface area (Å²) in [6, 6.07) is 3.07. The number of aliphatic hydroxyl groups excluding tert-OH is 1. The maximum atomic E-state index is 11.8. The van der Waals surface area contributed by atoms with Crippen LogP contribution in [0.1, 0.15) is 30.3 Å². The minimum absolute atomic E-state index is 0.256. The van der Waals surface area contributed by atoms with Gasteiger partial charge in [0.05, 0.1) is 11.7 Å². The van der Waals surface area contributed by atoms with Crippen LogP contribution in [0.5, 0.6) is 0 Å². The molecule has 0 radical (unpaired) electrons. The fraction of sp³-hybridized carbons (Fsp3) is 0.417. The van der Waals surface area contributed by atoms with Crippen LogP contribution < -0.4 is 5.32 Å². The molecule has 0 saturated carbocycles. The molecular formula is C12H12BrN3O3. The number of aromatic nitrogens is 1. The quantitative estimate of drug-likeness (QED) is 0.579. The highest BCUT2D eigenvalue weighted by atomic mass is 79.9. The molecule has 19 heavy (non-hydrogen) atoms. The molecule has 2 aliphatic rings. The summed E-state index contributed by atoms with van der Waals surface area (Å²) in [6.07, 6.45) is -0.121. The lowest BCUT2D eigenvalue weighted by Gasteiger charge is -2.31. The number of pyridine rings is 1. The van der Waals surface area contributed by atoms with Crippen molar-refractivity contribution in [2.75, 3.05) is 0 Å². The van der Waals surface area contributed by atoms with E-state index in [4.69, 9.17) is 0 Å². The van der Waals surface area contributed by atoms with Gasteiger partial charge >= 0.3 is 0 Å². The molecule has 0 bridgehead atoms. The fourth-order valence-electron chi connectivity index (χ4n) is 2.56. The zero-order chi connectivity index (χ0) is 13.6. The number of hydrogen-bond donors (Lipinski definition) is 2. The number of rotatable bonds is 1. The molecule has 0 aliphatic carbocycles. The van der Waals surface area contributed by atoms with Crippen molar-refractivity contribution in [2.45, 2.75) is 31.7 Å². The third-order valence-corrected chi connectivity index (χ3v) is 3.95. The minimum atomic E-state index is -0.848. The molecule has 7 heteroatoms. The molecule has 2 unspecified atom stereocenters. The van der Waals surface area contributed by atoms with Gasteiger partial charge in [-0.05, 0) is 28.4 Å². The van der Waals surface area contributed by atoms with Crippen molar-refractivity contribution < 1.29 is 14.7 Å². The molecule has 6 nitrogen and oxygen atoms in total. The number of aliphatic hydroxyl groups is 1. The van der Waals surface area contributed by atoms with E-state index in [9.17, 15) is 14.7 Å². The second kappa shape index (κ2) is 4.66. The van der Waals surface area contributed by atoms with Gasteiger partial charge in [0, 0.05) is 18.5 Å². The predicted molar refractivity (Wildman–Crippen MR) is 68.6 cm³/mol. The average Bonchev–Trinajstić information content (AvgIpc) is 2.66. The van der Waals surface area contributed by atoms with E-state index >= 15 is 0 Å². The second-order valence-electron chi connectivity index (χ2n) is 4.68. The average molecular weight is 326 g/mol. The molecule has 2 amide bonds. The highest BCUT2D eigenvalue weighted by Gasteiger charge is 2.40. The van der Waals surface area contributed by atoms with Crippen molar-refractivity contribution in [2.24, 2.45) is 0 Å². The molecule has 1 aromatic rings. The van der Waals surface area contributed by atoms with E-state index in [0.717, 1.165) is 5.69 Å². The Labute approximate surface area is 117 Å². The fourth-order valence-corrected chi connectivity index (χ4v) is 2.91. The van der Waals surface area contributed by atoms with Crippen molar-refractivity contribution in [3.8, 4) is 0 Å². The van der Waals surface area contributed by atoms with Crippen LogP contribution in [0.3, 0.4) is 0 Å². The smallest absolute Gasteiger partial charge is 0.244 e. The van der Waals surface area contributed by atoms with Gasteiger partial charge in [-0.3, -0.25) is 19.8 Å². The third-order valence-electron chi connectivity index (χ3n) is 3.51. The molecule has 3 heterocycles. The number of amides is 2. The van der Waals surface area contributed by atoms with Gasteiger partial charge in [-0.2, -0.15) is 0 Å². The van der Waals surface area contributed by atoms with Crippen LogP contribution in [0.15, 0.2) is 16.7 Å². The van der Waals surface area contributed by atoms with Crippen LogP contribution in [0, 0.1) is 0 Å². The molecule has 2 aliphatic heterocycles. The van der Waals surface area contributed by atoms with Gasteiger partial charge < -0.3 is 5.11 Å². The van der Waals surface area contributed by atoms with Gasteiger partial charge in [0.15, 0.2) is 0 Å². The Hall–Kier alpha value is -1.31. The largest absolute Gasteiger partial charge is 0.374 e. The number of fused-ring (bicyclic) bond motifs is 1. The van der Waals surface area contributed by atoms with E-state index < -0.39 is 12.3 Å². The Bertz CT molecular complexity index is 563. The summed E-state index contributed by atoms with van der Waals surface area (Å²) in [5, 5.41) is 12.6. The zero-order valence-electron chi connectivity index (χ0n) is 9.97. The van der Waals surface area contributed by atoms with Crippen molar-refractivity contribution in [1.82, 2.24) is 15.2 Å². The standard InChI is InChI=1S/C12H12BrN3O3/c13-9-3-1-6-7(14-9)5-16(12(6)19)8-2-4-10(17)15-11(8)18/h1,3,8,12,19H,2,4-5H2,(H,15,17,18). The summed E-state index contributed by atoms with van der Waals surface area (Å²) in [7, 11) is 0. The van der Waals surface area contributed by atoms with Crippen molar-refractivity contribution >= 4 is 27.7 Å². The van der Waals surface area contributed by atoms with E-state index in [1.54, 1.807) is 17.0 Å². The summed E-state index contributed by atoms with van der Waals surface area (Å²) < 4.78 is 0.698. The van der Waals surface area contributed by atoms with E-state index in [1.165, 1.54) is 0 Å². The van der Waals surface area contributed by atoms with Gasteiger partial charge in [-0.15, -0.1) is 0 Å². The SMILES string of the molecule is O=C1CCC(N2Cc3nc(Br)ccc3C2O)C(=O)N1. The monoisotopic (exact) mass is 325 g/mol. The summed E-state index contributed by atoms with van der Waals surface area (Å²) in [5.74, 6) is -0.601. The first-order valence-corrected chi connectivity index (χ1v) is 6.78. The molecule has 3 rings (SSSR count). The summed E-state index contributed by atoms with van der Waals surface area (Å²) in [5.41, 5.74) is 1.47. The molecule has 1 aromatic heterocycles. The summed E-state index contributed by atoms with van der Waals surface area (Å²) in [6.45, 7) is 0.405. The highest BCUT2D eigenvalue weighted by molar-refractivity contribution is 9.10. The van der Waals surface area contributed by atoms with Crippen LogP contribution in [-0.2, 0) is 16.1 Å². The van der Waals surface area contributed by atoms with Gasteiger partial charge in [0.2, 0.25) is 11.8 Å².